The van der Waals surface area contributed by atoms with Gasteiger partial charge in [-0.3, -0.25) is 14.6 Å². The minimum Gasteiger partial charge on any atom is -0.444 e. The number of fused-ring (bicyclic) bond motifs is 4. The third-order valence-electron chi connectivity index (χ3n) is 10.7. The number of benzene rings is 4. The van der Waals surface area contributed by atoms with Gasteiger partial charge >= 0.3 is 12.2 Å². The molecule has 0 radical (unpaired) electrons. The molecule has 2 aliphatic heterocycles. The van der Waals surface area contributed by atoms with Gasteiger partial charge in [-0.25, -0.2) is 9.59 Å². The fourth-order valence-electron chi connectivity index (χ4n) is 8.50. The van der Waals surface area contributed by atoms with Gasteiger partial charge in [-0.1, -0.05) is 118 Å². The van der Waals surface area contributed by atoms with Crippen molar-refractivity contribution in [1.82, 2.24) is 5.32 Å². The van der Waals surface area contributed by atoms with Gasteiger partial charge in [-0.05, 0) is 66.5 Å². The molecule has 2 saturated carbocycles. The van der Waals surface area contributed by atoms with E-state index >= 15 is 0 Å². The van der Waals surface area contributed by atoms with Crippen molar-refractivity contribution < 1.29 is 23.9 Å². The number of carbonyl (C=O) groups is 3. The van der Waals surface area contributed by atoms with Crippen LogP contribution in [0, 0.1) is 11.8 Å². The number of amides is 2. The van der Waals surface area contributed by atoms with Gasteiger partial charge in [-0.15, -0.1) is 0 Å². The second kappa shape index (κ2) is 15.5. The number of anilines is 2. The largest absolute Gasteiger partial charge is 0.444 e. The first kappa shape index (κ1) is 34.5. The monoisotopic (exact) mass is 685 g/mol. The Morgan fingerprint density at radius 3 is 1.84 bits per heavy atom. The normalized spacial score (nSPS) is 23.0. The molecule has 2 amide bonds. The summed E-state index contributed by atoms with van der Waals surface area (Å²) in [5, 5.41) is 3.75. The molecule has 0 aromatic heterocycles. The Kier molecular flexibility index (Phi) is 10.5. The summed E-state index contributed by atoms with van der Waals surface area (Å²) in [4.78, 5) is 42.2. The van der Waals surface area contributed by atoms with Crippen LogP contribution in [0.4, 0.5) is 21.0 Å². The van der Waals surface area contributed by atoms with Crippen LogP contribution in [0.2, 0.25) is 0 Å². The number of nitrogens with one attached hydrogen (secondary N) is 1. The van der Waals surface area contributed by atoms with Gasteiger partial charge in [0.15, 0.2) is 5.78 Å². The molecule has 8 nitrogen and oxygen atoms in total. The van der Waals surface area contributed by atoms with E-state index in [0.29, 0.717) is 35.9 Å². The highest BCUT2D eigenvalue weighted by Gasteiger charge is 2.47. The number of nitrogens with zero attached hydrogens (tertiary/aromatic N) is 2. The van der Waals surface area contributed by atoms with Crippen molar-refractivity contribution in [2.75, 3.05) is 9.80 Å². The molecule has 5 atom stereocenters. The molecule has 1 N–H and O–H groups in total. The summed E-state index contributed by atoms with van der Waals surface area (Å²) in [6, 6.07) is 36.0. The van der Waals surface area contributed by atoms with Gasteiger partial charge in [0.05, 0.1) is 17.4 Å². The predicted octanol–water partition coefficient (Wildman–Crippen LogP) is 9.25. The molecule has 4 aromatic rings. The van der Waals surface area contributed by atoms with Gasteiger partial charge in [0.1, 0.15) is 13.2 Å². The summed E-state index contributed by atoms with van der Waals surface area (Å²) < 4.78 is 11.3. The molecule has 8 heteroatoms. The molecule has 2 aliphatic carbocycles. The van der Waals surface area contributed by atoms with E-state index in [9.17, 15) is 14.4 Å². The lowest BCUT2D eigenvalue weighted by Crippen LogP contribution is -2.51. The van der Waals surface area contributed by atoms with Crippen LogP contribution in [0.1, 0.15) is 85.5 Å². The molecule has 8 rings (SSSR count). The molecule has 264 valence electrons. The van der Waals surface area contributed by atoms with E-state index in [2.05, 4.69) is 37.4 Å². The summed E-state index contributed by atoms with van der Waals surface area (Å²) in [6.45, 7) is 4.92. The molecule has 4 aliphatic rings. The van der Waals surface area contributed by atoms with Crippen molar-refractivity contribution in [3.63, 3.8) is 0 Å². The average Bonchev–Trinajstić information content (AvgIpc) is 3.85. The standard InChI is InChI=1S/C23H28N2O2.C20H19NO3/c1-16(2)24-22-18-11-6-7-13-20(18)25(21-14-8-12-19(21)22)23(26)27-15-17-9-4-3-5-10-17;22-19-15-9-4-5-11-17(15)21(18-12-6-10-16(18)19)20(23)24-13-14-7-2-1-3-8-14/h3-7,9-11,13,16,19,21-22,24H,8,12,14-15H2,1-2H3;1-5,7-9,11,16,18H,6,10,12-13H2. The second-order valence-electron chi connectivity index (χ2n) is 14.3. The third-order valence-corrected chi connectivity index (χ3v) is 10.7. The van der Waals surface area contributed by atoms with Crippen LogP contribution in [-0.4, -0.2) is 36.1 Å². The molecule has 0 bridgehead atoms. The molecule has 2 heterocycles. The van der Waals surface area contributed by atoms with Gasteiger partial charge in [-0.2, -0.15) is 0 Å². The van der Waals surface area contributed by atoms with E-state index in [1.807, 2.05) is 95.9 Å². The first-order chi connectivity index (χ1) is 24.9. The Hall–Kier alpha value is -4.95. The summed E-state index contributed by atoms with van der Waals surface area (Å²) in [5.74, 6) is 0.510. The van der Waals surface area contributed by atoms with Crippen LogP contribution >= 0.6 is 0 Å². The van der Waals surface area contributed by atoms with E-state index in [1.165, 1.54) is 5.56 Å². The molecule has 4 aromatic carbocycles. The van der Waals surface area contributed by atoms with Crippen molar-refractivity contribution in [1.29, 1.82) is 0 Å². The van der Waals surface area contributed by atoms with Crippen LogP contribution in [0.25, 0.3) is 0 Å². The van der Waals surface area contributed by atoms with E-state index in [0.717, 1.165) is 55.3 Å². The minimum atomic E-state index is -0.365. The number of ether oxygens (including phenoxy) is 2. The maximum Gasteiger partial charge on any atom is 0.414 e. The molecule has 0 spiro atoms. The Morgan fingerprint density at radius 2 is 1.20 bits per heavy atom. The number of rotatable bonds is 6. The van der Waals surface area contributed by atoms with Gasteiger partial charge in [0.2, 0.25) is 0 Å². The highest BCUT2D eigenvalue weighted by atomic mass is 16.6. The van der Waals surface area contributed by atoms with Crippen molar-refractivity contribution in [3.05, 3.63) is 131 Å². The van der Waals surface area contributed by atoms with Crippen molar-refractivity contribution >= 4 is 29.3 Å². The zero-order valence-corrected chi connectivity index (χ0v) is 29.4. The Labute approximate surface area is 300 Å². The van der Waals surface area contributed by atoms with Crippen LogP contribution in [-0.2, 0) is 22.7 Å². The fourth-order valence-corrected chi connectivity index (χ4v) is 8.50. The lowest BCUT2D eigenvalue weighted by atomic mass is 9.82. The fraction of sp³-hybridized carbons (Fsp3) is 0.372. The van der Waals surface area contributed by atoms with Crippen LogP contribution in [0.3, 0.4) is 0 Å². The smallest absolute Gasteiger partial charge is 0.414 e. The summed E-state index contributed by atoms with van der Waals surface area (Å²) in [5.41, 5.74) is 5.50. The third kappa shape index (κ3) is 7.29. The summed E-state index contributed by atoms with van der Waals surface area (Å²) in [6.07, 6.45) is 5.41. The zero-order chi connectivity index (χ0) is 35.3. The molecule has 0 saturated heterocycles. The van der Waals surface area contributed by atoms with E-state index in [1.54, 1.807) is 4.90 Å². The Balaban J connectivity index is 0.000000160. The number of ketones is 1. The quantitative estimate of drug-likeness (QED) is 0.218. The zero-order valence-electron chi connectivity index (χ0n) is 29.4. The number of hydrogen-bond acceptors (Lipinski definition) is 6. The average molecular weight is 686 g/mol. The van der Waals surface area contributed by atoms with Crippen molar-refractivity contribution in [2.45, 2.75) is 89.8 Å². The predicted molar refractivity (Wildman–Crippen MR) is 199 cm³/mol. The van der Waals surface area contributed by atoms with Gasteiger partial charge in [0, 0.05) is 29.6 Å². The van der Waals surface area contributed by atoms with E-state index in [-0.39, 0.29) is 42.6 Å². The van der Waals surface area contributed by atoms with Crippen LogP contribution in [0.5, 0.6) is 0 Å². The molecular formula is C43H47N3O5. The topological polar surface area (TPSA) is 88.2 Å². The lowest BCUT2D eigenvalue weighted by Gasteiger charge is -2.44. The maximum absolute atomic E-state index is 13.1. The number of carbonyl (C=O) groups excluding carboxylic acids is 3. The highest BCUT2D eigenvalue weighted by Crippen LogP contribution is 2.48. The van der Waals surface area contributed by atoms with Crippen LogP contribution < -0.4 is 15.1 Å². The second-order valence-corrected chi connectivity index (χ2v) is 14.3. The van der Waals surface area contributed by atoms with Gasteiger partial charge in [0.25, 0.3) is 0 Å². The van der Waals surface area contributed by atoms with E-state index in [4.69, 9.17) is 9.47 Å². The molecule has 51 heavy (non-hydrogen) atoms. The first-order valence-electron chi connectivity index (χ1n) is 18.4. The van der Waals surface area contributed by atoms with Gasteiger partial charge < -0.3 is 14.8 Å². The highest BCUT2D eigenvalue weighted by molar-refractivity contribution is 6.09. The lowest BCUT2D eigenvalue weighted by molar-refractivity contribution is 0.0895. The first-order valence-corrected chi connectivity index (χ1v) is 18.4. The summed E-state index contributed by atoms with van der Waals surface area (Å²) in [7, 11) is 0. The number of hydrogen-bond donors (Lipinski definition) is 1. The Morgan fingerprint density at radius 1 is 0.667 bits per heavy atom. The van der Waals surface area contributed by atoms with Crippen molar-refractivity contribution in [3.8, 4) is 0 Å². The van der Waals surface area contributed by atoms with Crippen LogP contribution in [0.15, 0.2) is 109 Å². The molecular weight excluding hydrogens is 638 g/mol. The Bertz CT molecular complexity index is 1830. The minimum absolute atomic E-state index is 0.0735. The maximum atomic E-state index is 13.1. The summed E-state index contributed by atoms with van der Waals surface area (Å²) >= 11 is 0. The molecule has 5 unspecified atom stereocenters. The number of para-hydroxylation sites is 2. The molecule has 2 fully saturated rings. The van der Waals surface area contributed by atoms with E-state index < -0.39 is 0 Å². The number of Topliss-reactive ketones (excluding diaryl/α,β-unsaturated/α-hetero) is 1. The SMILES string of the molecule is CC(C)NC1c2ccccc2N(C(=O)OCc2ccccc2)C2CCCC12.O=C1c2ccccc2N(C(=O)OCc2ccccc2)C2CCCC12. The van der Waals surface area contributed by atoms with Crippen molar-refractivity contribution in [2.24, 2.45) is 11.8 Å².